The molecule has 1 radical (unpaired) electrons. The Kier molecular flexibility index (Phi) is 2.09. The summed E-state index contributed by atoms with van der Waals surface area (Å²) in [5.41, 5.74) is 5.26. The lowest BCUT2D eigenvalue weighted by Gasteiger charge is -1.96. The van der Waals surface area contributed by atoms with E-state index in [4.69, 9.17) is 10.4 Å². The van der Waals surface area contributed by atoms with Crippen molar-refractivity contribution in [2.24, 2.45) is 5.73 Å². The summed E-state index contributed by atoms with van der Waals surface area (Å²) in [4.78, 5) is 0. The molecular formula is C10H9BNO. The highest BCUT2D eigenvalue weighted by molar-refractivity contribution is 6.48. The molecule has 0 saturated carbocycles. The van der Waals surface area contributed by atoms with Crippen LogP contribution in [0.4, 0.5) is 0 Å². The average Bonchev–Trinajstić information content (AvgIpc) is 2.62. The van der Waals surface area contributed by atoms with Crippen molar-refractivity contribution in [3.05, 3.63) is 40.9 Å². The Morgan fingerprint density at radius 1 is 1.38 bits per heavy atom. The standard InChI is InChI=1S/C10H9BNO/c12-6-2-4-8-3-1-5-10-9(8)7-11-13-10/h1-7H,12H2/b6-2-,8-4-. The third kappa shape index (κ3) is 1.45. The molecule has 1 aliphatic rings. The first kappa shape index (κ1) is 7.99. The summed E-state index contributed by atoms with van der Waals surface area (Å²) in [6, 6.07) is 5.93. The van der Waals surface area contributed by atoms with Gasteiger partial charge in [-0.1, -0.05) is 24.2 Å². The molecule has 1 aromatic carbocycles. The predicted molar refractivity (Wildman–Crippen MR) is 54.3 cm³/mol. The Labute approximate surface area is 77.3 Å². The number of hydrogen-bond acceptors (Lipinski definition) is 2. The maximum absolute atomic E-state index is 5.26. The fourth-order valence-corrected chi connectivity index (χ4v) is 1.32. The van der Waals surface area contributed by atoms with Crippen LogP contribution in [0.15, 0.2) is 30.5 Å². The molecule has 0 spiro atoms. The lowest BCUT2D eigenvalue weighted by atomic mass is 10.0. The highest BCUT2D eigenvalue weighted by atomic mass is 16.4. The SMILES string of the molecule is N/C=C\C=c1\cccc2c1=C[B]O2. The lowest BCUT2D eigenvalue weighted by molar-refractivity contribution is 0.610. The van der Waals surface area contributed by atoms with Crippen molar-refractivity contribution in [3.8, 4) is 5.75 Å². The molecule has 1 heterocycles. The molecule has 0 saturated heterocycles. The van der Waals surface area contributed by atoms with E-state index in [1.807, 2.05) is 36.3 Å². The first-order chi connectivity index (χ1) is 6.42. The van der Waals surface area contributed by atoms with Crippen molar-refractivity contribution >= 4 is 19.5 Å². The lowest BCUT2D eigenvalue weighted by Crippen LogP contribution is -2.22. The highest BCUT2D eigenvalue weighted by Gasteiger charge is 2.04. The van der Waals surface area contributed by atoms with E-state index in [9.17, 15) is 0 Å². The zero-order valence-electron chi connectivity index (χ0n) is 7.10. The zero-order valence-corrected chi connectivity index (χ0v) is 7.10. The van der Waals surface area contributed by atoms with Gasteiger partial charge in [0.15, 0.2) is 0 Å². The summed E-state index contributed by atoms with van der Waals surface area (Å²) in [5.74, 6) is 2.85. The van der Waals surface area contributed by atoms with Gasteiger partial charge in [-0.05, 0) is 23.6 Å². The summed E-state index contributed by atoms with van der Waals surface area (Å²) in [7, 11) is 1.69. The minimum absolute atomic E-state index is 0.902. The van der Waals surface area contributed by atoms with Crippen molar-refractivity contribution in [1.29, 1.82) is 0 Å². The van der Waals surface area contributed by atoms with Crippen molar-refractivity contribution in [1.82, 2.24) is 0 Å². The fraction of sp³-hybridized carbons (Fsp3) is 0. The van der Waals surface area contributed by atoms with E-state index >= 15 is 0 Å². The van der Waals surface area contributed by atoms with E-state index in [1.54, 1.807) is 7.48 Å². The van der Waals surface area contributed by atoms with Crippen LogP contribution in [0.25, 0.3) is 12.1 Å². The minimum Gasteiger partial charge on any atom is -0.558 e. The van der Waals surface area contributed by atoms with Crippen molar-refractivity contribution < 1.29 is 4.65 Å². The Hall–Kier alpha value is -1.64. The van der Waals surface area contributed by atoms with Crippen LogP contribution in [0.5, 0.6) is 5.75 Å². The van der Waals surface area contributed by atoms with Crippen LogP contribution >= 0.6 is 0 Å². The van der Waals surface area contributed by atoms with Gasteiger partial charge in [-0.2, -0.15) is 0 Å². The Morgan fingerprint density at radius 2 is 2.31 bits per heavy atom. The van der Waals surface area contributed by atoms with Gasteiger partial charge in [-0.15, -0.1) is 0 Å². The van der Waals surface area contributed by atoms with E-state index in [2.05, 4.69) is 0 Å². The van der Waals surface area contributed by atoms with Crippen LogP contribution < -0.4 is 20.8 Å². The van der Waals surface area contributed by atoms with Gasteiger partial charge in [0.25, 0.3) is 0 Å². The monoisotopic (exact) mass is 170 g/mol. The number of rotatable bonds is 1. The summed E-state index contributed by atoms with van der Waals surface area (Å²) >= 11 is 0. The summed E-state index contributed by atoms with van der Waals surface area (Å²) in [6.07, 6.45) is 5.28. The molecule has 0 aromatic heterocycles. The Morgan fingerprint density at radius 3 is 3.15 bits per heavy atom. The van der Waals surface area contributed by atoms with Crippen LogP contribution in [-0.2, 0) is 0 Å². The molecule has 0 atom stereocenters. The van der Waals surface area contributed by atoms with E-state index in [0.717, 1.165) is 16.2 Å². The van der Waals surface area contributed by atoms with Gasteiger partial charge < -0.3 is 10.4 Å². The molecule has 63 valence electrons. The second-order valence-electron chi connectivity index (χ2n) is 2.73. The summed E-state index contributed by atoms with van der Waals surface area (Å²) in [5, 5.41) is 2.23. The normalized spacial score (nSPS) is 14.9. The molecule has 0 fully saturated rings. The minimum atomic E-state index is 0.902. The molecule has 1 aromatic rings. The van der Waals surface area contributed by atoms with Crippen LogP contribution in [0, 0.1) is 0 Å². The molecule has 3 heteroatoms. The third-order valence-electron chi connectivity index (χ3n) is 1.92. The predicted octanol–water partition coefficient (Wildman–Crippen LogP) is -0.311. The zero-order chi connectivity index (χ0) is 9.10. The topological polar surface area (TPSA) is 35.2 Å². The average molecular weight is 170 g/mol. The molecule has 1 aliphatic heterocycles. The second kappa shape index (κ2) is 3.39. The molecule has 0 unspecified atom stereocenters. The Balaban J connectivity index is 2.66. The van der Waals surface area contributed by atoms with Gasteiger partial charge in [-0.25, -0.2) is 0 Å². The maximum Gasteiger partial charge on any atom is 0.401 e. The van der Waals surface area contributed by atoms with Crippen LogP contribution in [0.1, 0.15) is 0 Å². The Bertz CT molecular complexity index is 450. The molecule has 2 nitrogen and oxygen atoms in total. The van der Waals surface area contributed by atoms with Gasteiger partial charge in [0.2, 0.25) is 0 Å². The number of allylic oxidation sites excluding steroid dienone is 1. The molecule has 2 rings (SSSR count). The molecule has 13 heavy (non-hydrogen) atoms. The van der Waals surface area contributed by atoms with Gasteiger partial charge in [-0.3, -0.25) is 0 Å². The molecule has 0 aliphatic carbocycles. The van der Waals surface area contributed by atoms with Crippen LogP contribution in [0.2, 0.25) is 0 Å². The fourth-order valence-electron chi connectivity index (χ4n) is 1.32. The van der Waals surface area contributed by atoms with Gasteiger partial charge in [0.05, 0.1) is 0 Å². The number of nitrogens with two attached hydrogens (primary N) is 1. The third-order valence-corrected chi connectivity index (χ3v) is 1.92. The number of benzene rings is 1. The van der Waals surface area contributed by atoms with E-state index in [1.165, 1.54) is 6.20 Å². The molecule has 2 N–H and O–H groups in total. The van der Waals surface area contributed by atoms with Gasteiger partial charge in [0, 0.05) is 5.22 Å². The summed E-state index contributed by atoms with van der Waals surface area (Å²) in [6.45, 7) is 0. The van der Waals surface area contributed by atoms with Gasteiger partial charge >= 0.3 is 7.48 Å². The molecule has 0 bridgehead atoms. The largest absolute Gasteiger partial charge is 0.558 e. The molecular weight excluding hydrogens is 161 g/mol. The van der Waals surface area contributed by atoms with Crippen molar-refractivity contribution in [3.63, 3.8) is 0 Å². The molecule has 0 amide bonds. The van der Waals surface area contributed by atoms with E-state index in [0.29, 0.717) is 0 Å². The summed E-state index contributed by atoms with van der Waals surface area (Å²) < 4.78 is 5.26. The first-order valence-electron chi connectivity index (χ1n) is 4.09. The highest BCUT2D eigenvalue weighted by Crippen LogP contribution is 2.02. The van der Waals surface area contributed by atoms with Crippen molar-refractivity contribution in [2.75, 3.05) is 0 Å². The van der Waals surface area contributed by atoms with Crippen LogP contribution in [-0.4, -0.2) is 7.48 Å². The van der Waals surface area contributed by atoms with E-state index in [-0.39, 0.29) is 0 Å². The smallest absolute Gasteiger partial charge is 0.401 e. The number of hydrogen-bond donors (Lipinski definition) is 1. The number of fused-ring (bicyclic) bond motifs is 1. The quantitative estimate of drug-likeness (QED) is 0.586. The first-order valence-corrected chi connectivity index (χ1v) is 4.09. The van der Waals surface area contributed by atoms with Crippen LogP contribution in [0.3, 0.4) is 0 Å². The maximum atomic E-state index is 5.26. The van der Waals surface area contributed by atoms with Gasteiger partial charge in [0.1, 0.15) is 5.75 Å². The van der Waals surface area contributed by atoms with Crippen molar-refractivity contribution in [2.45, 2.75) is 0 Å². The van der Waals surface area contributed by atoms with E-state index < -0.39 is 0 Å². The second-order valence-corrected chi connectivity index (χ2v) is 2.73.